The smallest absolute Gasteiger partial charge is 0.0159 e. The van der Waals surface area contributed by atoms with Crippen molar-refractivity contribution in [3.63, 3.8) is 0 Å². The van der Waals surface area contributed by atoms with Gasteiger partial charge in [0.05, 0.1) is 0 Å². The minimum absolute atomic E-state index is 0.709. The lowest BCUT2D eigenvalue weighted by Crippen LogP contribution is -2.42. The zero-order valence-corrected chi connectivity index (χ0v) is 10.5. The molecule has 1 aliphatic carbocycles. The normalized spacial score (nSPS) is 20.1. The molecule has 0 heterocycles. The summed E-state index contributed by atoms with van der Waals surface area (Å²) >= 11 is 3.54. The maximum Gasteiger partial charge on any atom is 0.0159 e. The second kappa shape index (κ2) is 6.02. The summed E-state index contributed by atoms with van der Waals surface area (Å²) in [7, 11) is 0. The fourth-order valence-electron chi connectivity index (χ4n) is 2.37. The zero-order valence-electron chi connectivity index (χ0n) is 8.93. The number of hydrogen-bond donors (Lipinski definition) is 0. The highest BCUT2D eigenvalue weighted by atomic mass is 79.9. The molecule has 13 heavy (non-hydrogen) atoms. The van der Waals surface area contributed by atoms with Crippen LogP contribution < -0.4 is 0 Å². The molecule has 0 aliphatic heterocycles. The molecule has 0 spiro atoms. The summed E-state index contributed by atoms with van der Waals surface area (Å²) < 4.78 is 0. The van der Waals surface area contributed by atoms with Crippen LogP contribution in [0.4, 0.5) is 0 Å². The van der Waals surface area contributed by atoms with E-state index >= 15 is 0 Å². The minimum atomic E-state index is 0.709. The van der Waals surface area contributed by atoms with Crippen molar-refractivity contribution >= 4 is 15.9 Å². The summed E-state index contributed by atoms with van der Waals surface area (Å²) in [6.07, 6.45) is 7.18. The predicted molar refractivity (Wildman–Crippen MR) is 62.5 cm³/mol. The monoisotopic (exact) mass is 247 g/mol. The zero-order chi connectivity index (χ0) is 9.68. The molecule has 2 heteroatoms. The van der Waals surface area contributed by atoms with E-state index in [1.54, 1.807) is 0 Å². The van der Waals surface area contributed by atoms with E-state index in [9.17, 15) is 0 Å². The van der Waals surface area contributed by atoms with E-state index in [0.717, 1.165) is 11.4 Å². The highest BCUT2D eigenvalue weighted by Crippen LogP contribution is 2.23. The molecule has 1 fully saturated rings. The lowest BCUT2D eigenvalue weighted by Gasteiger charge is -2.36. The van der Waals surface area contributed by atoms with Crippen LogP contribution >= 0.6 is 15.9 Å². The molecule has 0 saturated heterocycles. The first-order chi connectivity index (χ1) is 6.25. The maximum absolute atomic E-state index is 3.54. The van der Waals surface area contributed by atoms with Crippen LogP contribution in [0.1, 0.15) is 46.0 Å². The van der Waals surface area contributed by atoms with Crippen LogP contribution in [0, 0.1) is 0 Å². The van der Waals surface area contributed by atoms with Gasteiger partial charge in [0.15, 0.2) is 0 Å². The number of hydrogen-bond acceptors (Lipinski definition) is 1. The Balaban J connectivity index is 2.41. The van der Waals surface area contributed by atoms with E-state index in [-0.39, 0.29) is 0 Å². The number of alkyl halides is 1. The summed E-state index contributed by atoms with van der Waals surface area (Å²) in [6, 6.07) is 1.58. The van der Waals surface area contributed by atoms with Crippen LogP contribution in [-0.2, 0) is 0 Å². The first kappa shape index (κ1) is 11.5. The minimum Gasteiger partial charge on any atom is -0.297 e. The average Bonchev–Trinajstić information content (AvgIpc) is 2.15. The van der Waals surface area contributed by atoms with Gasteiger partial charge >= 0.3 is 0 Å². The van der Waals surface area contributed by atoms with E-state index in [2.05, 4.69) is 34.7 Å². The number of nitrogens with zero attached hydrogens (tertiary/aromatic N) is 1. The highest BCUT2D eigenvalue weighted by molar-refractivity contribution is 9.09. The molecule has 1 saturated carbocycles. The first-order valence-corrected chi connectivity index (χ1v) is 6.69. The Bertz CT molecular complexity index is 130. The van der Waals surface area contributed by atoms with E-state index in [4.69, 9.17) is 0 Å². The van der Waals surface area contributed by atoms with Crippen molar-refractivity contribution < 1.29 is 0 Å². The number of halogens is 1. The summed E-state index contributed by atoms with van der Waals surface area (Å²) in [5.41, 5.74) is 0. The van der Waals surface area contributed by atoms with Gasteiger partial charge in [-0.05, 0) is 26.7 Å². The van der Waals surface area contributed by atoms with Gasteiger partial charge in [0.25, 0.3) is 0 Å². The molecule has 0 aromatic heterocycles. The van der Waals surface area contributed by atoms with Gasteiger partial charge in [-0.1, -0.05) is 35.2 Å². The topological polar surface area (TPSA) is 3.24 Å². The third kappa shape index (κ3) is 3.59. The van der Waals surface area contributed by atoms with Gasteiger partial charge in [-0.2, -0.15) is 0 Å². The van der Waals surface area contributed by atoms with Gasteiger partial charge in [0.1, 0.15) is 0 Å². The molecular formula is C11H22BrN. The predicted octanol–water partition coefficient (Wildman–Crippen LogP) is 3.42. The quantitative estimate of drug-likeness (QED) is 0.689. The fourth-order valence-corrected chi connectivity index (χ4v) is 2.78. The molecule has 0 bridgehead atoms. The molecule has 0 amide bonds. The van der Waals surface area contributed by atoms with E-state index in [1.807, 2.05) is 0 Å². The first-order valence-electron chi connectivity index (χ1n) is 5.57. The van der Waals surface area contributed by atoms with Crippen molar-refractivity contribution in [2.75, 3.05) is 11.9 Å². The summed E-state index contributed by atoms with van der Waals surface area (Å²) in [5.74, 6) is 0. The van der Waals surface area contributed by atoms with Crippen LogP contribution in [-0.4, -0.2) is 28.9 Å². The summed E-state index contributed by atoms with van der Waals surface area (Å²) in [4.78, 5) is 2.66. The van der Waals surface area contributed by atoms with Crippen molar-refractivity contribution in [2.24, 2.45) is 0 Å². The molecule has 0 N–H and O–H groups in total. The van der Waals surface area contributed by atoms with Crippen LogP contribution in [0.25, 0.3) is 0 Å². The third-order valence-electron chi connectivity index (χ3n) is 3.05. The fraction of sp³-hybridized carbons (Fsp3) is 1.00. The SMILES string of the molecule is CC(C)N(CCBr)C1CCCCC1. The van der Waals surface area contributed by atoms with Crippen molar-refractivity contribution in [3.8, 4) is 0 Å². The second-order valence-corrected chi connectivity index (χ2v) is 5.11. The number of rotatable bonds is 4. The highest BCUT2D eigenvalue weighted by Gasteiger charge is 2.22. The lowest BCUT2D eigenvalue weighted by atomic mass is 9.93. The van der Waals surface area contributed by atoms with E-state index < -0.39 is 0 Å². The van der Waals surface area contributed by atoms with Gasteiger partial charge in [-0.15, -0.1) is 0 Å². The standard InChI is InChI=1S/C11H22BrN/c1-10(2)13(9-8-12)11-6-4-3-5-7-11/h10-11H,3-9H2,1-2H3. The van der Waals surface area contributed by atoms with Gasteiger partial charge in [-0.25, -0.2) is 0 Å². The van der Waals surface area contributed by atoms with Gasteiger partial charge in [0.2, 0.25) is 0 Å². The molecule has 0 atom stereocenters. The second-order valence-electron chi connectivity index (χ2n) is 4.31. The Kier molecular flexibility index (Phi) is 5.34. The maximum atomic E-state index is 3.54. The molecule has 1 nitrogen and oxygen atoms in total. The van der Waals surface area contributed by atoms with E-state index in [0.29, 0.717) is 6.04 Å². The van der Waals surface area contributed by atoms with Crippen LogP contribution in [0.5, 0.6) is 0 Å². The third-order valence-corrected chi connectivity index (χ3v) is 3.40. The van der Waals surface area contributed by atoms with Gasteiger partial charge in [-0.3, -0.25) is 4.90 Å². The van der Waals surface area contributed by atoms with Crippen LogP contribution in [0.2, 0.25) is 0 Å². The van der Waals surface area contributed by atoms with Crippen LogP contribution in [0.3, 0.4) is 0 Å². The Morgan fingerprint density at radius 1 is 1.23 bits per heavy atom. The molecule has 0 unspecified atom stereocenters. The summed E-state index contributed by atoms with van der Waals surface area (Å²) in [5, 5.41) is 1.11. The van der Waals surface area contributed by atoms with Crippen molar-refractivity contribution in [1.29, 1.82) is 0 Å². The molecule has 0 aromatic carbocycles. The van der Waals surface area contributed by atoms with E-state index in [1.165, 1.54) is 38.6 Å². The molecule has 1 rings (SSSR count). The van der Waals surface area contributed by atoms with Crippen molar-refractivity contribution in [2.45, 2.75) is 58.0 Å². The van der Waals surface area contributed by atoms with Crippen molar-refractivity contribution in [3.05, 3.63) is 0 Å². The Hall–Kier alpha value is 0.440. The Morgan fingerprint density at radius 3 is 2.31 bits per heavy atom. The molecule has 1 aliphatic rings. The van der Waals surface area contributed by atoms with Gasteiger partial charge in [0, 0.05) is 24.0 Å². The molecular weight excluding hydrogens is 226 g/mol. The summed E-state index contributed by atoms with van der Waals surface area (Å²) in [6.45, 7) is 5.84. The average molecular weight is 248 g/mol. The van der Waals surface area contributed by atoms with Crippen LogP contribution in [0.15, 0.2) is 0 Å². The Morgan fingerprint density at radius 2 is 1.85 bits per heavy atom. The molecule has 0 radical (unpaired) electrons. The molecule has 78 valence electrons. The largest absolute Gasteiger partial charge is 0.297 e. The van der Waals surface area contributed by atoms with Crippen molar-refractivity contribution in [1.82, 2.24) is 4.90 Å². The van der Waals surface area contributed by atoms with Gasteiger partial charge < -0.3 is 0 Å². The lowest BCUT2D eigenvalue weighted by molar-refractivity contribution is 0.129. The Labute approximate surface area is 91.0 Å². The molecule has 0 aromatic rings.